The first kappa shape index (κ1) is 23.2. The highest BCUT2D eigenvalue weighted by Crippen LogP contribution is 2.39. The van der Waals surface area contributed by atoms with E-state index in [9.17, 15) is 9.59 Å². The fourth-order valence-electron chi connectivity index (χ4n) is 5.64. The Labute approximate surface area is 192 Å². The lowest BCUT2D eigenvalue weighted by molar-refractivity contribution is -0.138. The number of hydrogen-bond donors (Lipinski definition) is 1. The number of amides is 2. The molecule has 6 heteroatoms. The van der Waals surface area contributed by atoms with Crippen LogP contribution in [0.15, 0.2) is 30.3 Å². The van der Waals surface area contributed by atoms with E-state index in [4.69, 9.17) is 4.74 Å². The van der Waals surface area contributed by atoms with Crippen LogP contribution in [0.4, 0.5) is 0 Å². The van der Waals surface area contributed by atoms with Gasteiger partial charge in [0.05, 0.1) is 19.1 Å². The molecule has 1 saturated carbocycles. The van der Waals surface area contributed by atoms with Gasteiger partial charge in [0.15, 0.2) is 0 Å². The van der Waals surface area contributed by atoms with E-state index in [1.807, 2.05) is 4.90 Å². The van der Waals surface area contributed by atoms with E-state index >= 15 is 0 Å². The highest BCUT2D eigenvalue weighted by atomic mass is 16.5. The molecule has 2 saturated heterocycles. The first-order valence-electron chi connectivity index (χ1n) is 12.6. The molecule has 1 atom stereocenters. The van der Waals surface area contributed by atoms with Gasteiger partial charge in [0.2, 0.25) is 11.8 Å². The first-order chi connectivity index (χ1) is 15.7. The summed E-state index contributed by atoms with van der Waals surface area (Å²) >= 11 is 0. The monoisotopic (exact) mass is 441 g/mol. The summed E-state index contributed by atoms with van der Waals surface area (Å²) in [5.41, 5.74) is 1.40. The fourth-order valence-corrected chi connectivity index (χ4v) is 5.64. The standard InChI is InChI=1S/C26H39N3O3/c30-24-11-10-22(20-29(24)15-7-14-28-16-18-32-19-17-28)25(31)27-21-26(12-5-2-6-13-26)23-8-3-1-4-9-23/h1,3-4,8-9,22H,2,5-7,10-21H2,(H,27,31)/t22-/m1/s1. The Balaban J connectivity index is 1.29. The molecule has 2 heterocycles. The lowest BCUT2D eigenvalue weighted by atomic mass is 9.69. The van der Waals surface area contributed by atoms with Crippen LogP contribution in [0.1, 0.15) is 56.9 Å². The summed E-state index contributed by atoms with van der Waals surface area (Å²) in [6.07, 6.45) is 8.10. The highest BCUT2D eigenvalue weighted by Gasteiger charge is 2.36. The molecule has 0 unspecified atom stereocenters. The molecule has 0 bridgehead atoms. The molecule has 1 aromatic carbocycles. The molecular formula is C26H39N3O3. The van der Waals surface area contributed by atoms with Crippen molar-refractivity contribution in [3.05, 3.63) is 35.9 Å². The van der Waals surface area contributed by atoms with Crippen molar-refractivity contribution in [1.82, 2.24) is 15.1 Å². The van der Waals surface area contributed by atoms with E-state index in [0.717, 1.165) is 58.7 Å². The van der Waals surface area contributed by atoms with Crippen molar-refractivity contribution < 1.29 is 14.3 Å². The SMILES string of the molecule is O=C(NCC1(c2ccccc2)CCCCC1)[C@@H]1CCC(=O)N(CCCN2CCOCC2)C1. The fraction of sp³-hybridized carbons (Fsp3) is 0.692. The second-order valence-electron chi connectivity index (χ2n) is 9.81. The van der Waals surface area contributed by atoms with Crippen LogP contribution in [0.3, 0.4) is 0 Å². The van der Waals surface area contributed by atoms with E-state index < -0.39 is 0 Å². The maximum atomic E-state index is 13.1. The molecule has 1 aromatic rings. The molecule has 1 aliphatic carbocycles. The van der Waals surface area contributed by atoms with Gasteiger partial charge in [-0.05, 0) is 31.2 Å². The Morgan fingerprint density at radius 3 is 2.56 bits per heavy atom. The lowest BCUT2D eigenvalue weighted by Crippen LogP contribution is -2.49. The van der Waals surface area contributed by atoms with E-state index in [2.05, 4.69) is 40.5 Å². The second kappa shape index (κ2) is 11.3. The van der Waals surface area contributed by atoms with Gasteiger partial charge in [-0.1, -0.05) is 49.6 Å². The van der Waals surface area contributed by atoms with Crippen LogP contribution >= 0.6 is 0 Å². The number of ether oxygens (including phenoxy) is 1. The minimum absolute atomic E-state index is 0.0531. The average molecular weight is 442 g/mol. The normalized spacial score (nSPS) is 24.3. The minimum Gasteiger partial charge on any atom is -0.379 e. The van der Waals surface area contributed by atoms with Gasteiger partial charge in [-0.15, -0.1) is 0 Å². The highest BCUT2D eigenvalue weighted by molar-refractivity contribution is 5.83. The third-order valence-corrected chi connectivity index (χ3v) is 7.67. The first-order valence-corrected chi connectivity index (χ1v) is 12.6. The zero-order valence-electron chi connectivity index (χ0n) is 19.4. The molecule has 3 aliphatic rings. The van der Waals surface area contributed by atoms with E-state index in [1.54, 1.807) is 0 Å². The summed E-state index contributed by atoms with van der Waals surface area (Å²) in [4.78, 5) is 29.9. The van der Waals surface area contributed by atoms with Gasteiger partial charge in [-0.2, -0.15) is 0 Å². The molecule has 32 heavy (non-hydrogen) atoms. The van der Waals surface area contributed by atoms with Gasteiger partial charge in [0.25, 0.3) is 0 Å². The zero-order valence-corrected chi connectivity index (χ0v) is 19.4. The summed E-state index contributed by atoms with van der Waals surface area (Å²) in [5.74, 6) is 0.230. The van der Waals surface area contributed by atoms with Crippen LogP contribution in [-0.4, -0.2) is 74.1 Å². The molecule has 2 amide bonds. The summed E-state index contributed by atoms with van der Waals surface area (Å²) in [5, 5.41) is 3.31. The summed E-state index contributed by atoms with van der Waals surface area (Å²) in [7, 11) is 0. The van der Waals surface area contributed by atoms with Crippen molar-refractivity contribution in [2.24, 2.45) is 5.92 Å². The van der Waals surface area contributed by atoms with Crippen molar-refractivity contribution in [2.75, 3.05) is 52.5 Å². The van der Waals surface area contributed by atoms with Gasteiger partial charge < -0.3 is 15.0 Å². The van der Waals surface area contributed by atoms with E-state index in [0.29, 0.717) is 25.9 Å². The van der Waals surface area contributed by atoms with Gasteiger partial charge in [-0.3, -0.25) is 14.5 Å². The van der Waals surface area contributed by atoms with E-state index in [-0.39, 0.29) is 23.1 Å². The number of hydrogen-bond acceptors (Lipinski definition) is 4. The zero-order chi connectivity index (χ0) is 22.2. The predicted molar refractivity (Wildman–Crippen MR) is 125 cm³/mol. The lowest BCUT2D eigenvalue weighted by Gasteiger charge is -2.39. The number of likely N-dealkylation sites (tertiary alicyclic amines) is 1. The largest absolute Gasteiger partial charge is 0.379 e. The number of carbonyl (C=O) groups is 2. The maximum Gasteiger partial charge on any atom is 0.224 e. The Hall–Kier alpha value is -1.92. The quantitative estimate of drug-likeness (QED) is 0.674. The number of nitrogens with one attached hydrogen (secondary N) is 1. The topological polar surface area (TPSA) is 61.9 Å². The Kier molecular flexibility index (Phi) is 8.20. The van der Waals surface area contributed by atoms with Crippen molar-refractivity contribution in [3.8, 4) is 0 Å². The Bertz CT molecular complexity index is 742. The van der Waals surface area contributed by atoms with Gasteiger partial charge in [0, 0.05) is 51.1 Å². The second-order valence-corrected chi connectivity index (χ2v) is 9.81. The van der Waals surface area contributed by atoms with Crippen molar-refractivity contribution in [3.63, 3.8) is 0 Å². The molecular weight excluding hydrogens is 402 g/mol. The molecule has 0 spiro atoms. The smallest absolute Gasteiger partial charge is 0.224 e. The predicted octanol–water partition coefficient (Wildman–Crippen LogP) is 2.97. The van der Waals surface area contributed by atoms with Crippen LogP contribution in [-0.2, 0) is 19.7 Å². The van der Waals surface area contributed by atoms with Crippen molar-refractivity contribution in [2.45, 2.75) is 56.8 Å². The number of nitrogens with zero attached hydrogens (tertiary/aromatic N) is 2. The van der Waals surface area contributed by atoms with Crippen LogP contribution in [0.5, 0.6) is 0 Å². The number of piperidine rings is 1. The number of benzene rings is 1. The molecule has 1 N–H and O–H groups in total. The van der Waals surface area contributed by atoms with Crippen molar-refractivity contribution in [1.29, 1.82) is 0 Å². The molecule has 0 radical (unpaired) electrons. The van der Waals surface area contributed by atoms with Crippen LogP contribution < -0.4 is 5.32 Å². The average Bonchev–Trinajstić information content (AvgIpc) is 2.85. The molecule has 3 fully saturated rings. The molecule has 4 rings (SSSR count). The number of morpholine rings is 1. The molecule has 2 aliphatic heterocycles. The molecule has 0 aromatic heterocycles. The van der Waals surface area contributed by atoms with Gasteiger partial charge in [-0.25, -0.2) is 0 Å². The molecule has 6 nitrogen and oxygen atoms in total. The molecule has 176 valence electrons. The van der Waals surface area contributed by atoms with Crippen LogP contribution in [0.2, 0.25) is 0 Å². The van der Waals surface area contributed by atoms with Crippen molar-refractivity contribution >= 4 is 11.8 Å². The van der Waals surface area contributed by atoms with Crippen LogP contribution in [0.25, 0.3) is 0 Å². The number of rotatable bonds is 8. The minimum atomic E-state index is -0.0903. The van der Waals surface area contributed by atoms with Crippen LogP contribution in [0, 0.1) is 5.92 Å². The Morgan fingerprint density at radius 1 is 1.06 bits per heavy atom. The summed E-state index contributed by atoms with van der Waals surface area (Å²) < 4.78 is 5.40. The third kappa shape index (κ3) is 5.90. The summed E-state index contributed by atoms with van der Waals surface area (Å²) in [6.45, 7) is 6.55. The maximum absolute atomic E-state index is 13.1. The van der Waals surface area contributed by atoms with Gasteiger partial charge in [0.1, 0.15) is 0 Å². The van der Waals surface area contributed by atoms with Gasteiger partial charge >= 0.3 is 0 Å². The Morgan fingerprint density at radius 2 is 1.81 bits per heavy atom. The number of carbonyl (C=O) groups excluding carboxylic acids is 2. The summed E-state index contributed by atoms with van der Waals surface area (Å²) in [6, 6.07) is 10.7. The third-order valence-electron chi connectivity index (χ3n) is 7.67. The van der Waals surface area contributed by atoms with E-state index in [1.165, 1.54) is 24.8 Å².